The fourth-order valence-electron chi connectivity index (χ4n) is 3.40. The molecule has 148 valence electrons. The highest BCUT2D eigenvalue weighted by Crippen LogP contribution is 2.25. The van der Waals surface area contributed by atoms with Gasteiger partial charge in [-0.1, -0.05) is 11.3 Å². The maximum Gasteiger partial charge on any atom is 0.258 e. The van der Waals surface area contributed by atoms with E-state index in [1.807, 2.05) is 25.1 Å². The second-order valence-electron chi connectivity index (χ2n) is 7.77. The molecule has 0 aliphatic rings. The van der Waals surface area contributed by atoms with Crippen molar-refractivity contribution in [2.24, 2.45) is 0 Å². The maximum atomic E-state index is 13.2. The Morgan fingerprint density at radius 2 is 1.83 bits per heavy atom. The average molecular weight is 392 g/mol. The predicted octanol–water partition coefficient (Wildman–Crippen LogP) is 3.47. The standard InChI is InChI=1S/C22H21FN4O2/c1-14-20(24-25-27(14)18-7-5-17(23)6-8-18)16-4-9-19-15(12-16)10-11-26(21(19)28)13-22(2,3)29/h4-12,29H,13H2,1-3H3. The molecule has 0 saturated heterocycles. The molecule has 0 aliphatic carbocycles. The Kier molecular flexibility index (Phi) is 4.55. The van der Waals surface area contributed by atoms with E-state index < -0.39 is 5.60 Å². The Morgan fingerprint density at radius 3 is 2.52 bits per heavy atom. The molecule has 0 saturated carbocycles. The molecular formula is C22H21FN4O2. The molecule has 0 fully saturated rings. The van der Waals surface area contributed by atoms with E-state index in [1.54, 1.807) is 42.9 Å². The monoisotopic (exact) mass is 392 g/mol. The number of aromatic nitrogens is 4. The molecule has 2 aromatic heterocycles. The maximum absolute atomic E-state index is 13.2. The Labute approximate surface area is 166 Å². The molecule has 0 atom stereocenters. The quantitative estimate of drug-likeness (QED) is 0.577. The van der Waals surface area contributed by atoms with Gasteiger partial charge in [-0.3, -0.25) is 4.79 Å². The van der Waals surface area contributed by atoms with Crippen molar-refractivity contribution in [3.8, 4) is 16.9 Å². The van der Waals surface area contributed by atoms with Gasteiger partial charge in [0.15, 0.2) is 0 Å². The van der Waals surface area contributed by atoms with Gasteiger partial charge in [0, 0.05) is 17.1 Å². The molecule has 2 aromatic carbocycles. The predicted molar refractivity (Wildman–Crippen MR) is 110 cm³/mol. The third kappa shape index (κ3) is 3.69. The third-order valence-corrected chi connectivity index (χ3v) is 4.77. The van der Waals surface area contributed by atoms with Crippen LogP contribution in [-0.4, -0.2) is 30.3 Å². The fourth-order valence-corrected chi connectivity index (χ4v) is 3.40. The molecule has 7 heteroatoms. The van der Waals surface area contributed by atoms with Crippen LogP contribution < -0.4 is 5.56 Å². The molecule has 0 unspecified atom stereocenters. The Balaban J connectivity index is 1.75. The van der Waals surface area contributed by atoms with Crippen LogP contribution in [0.3, 0.4) is 0 Å². The molecule has 29 heavy (non-hydrogen) atoms. The van der Waals surface area contributed by atoms with Gasteiger partial charge in [-0.15, -0.1) is 5.10 Å². The molecule has 6 nitrogen and oxygen atoms in total. The van der Waals surface area contributed by atoms with Gasteiger partial charge in [0.1, 0.15) is 11.5 Å². The summed E-state index contributed by atoms with van der Waals surface area (Å²) in [4.78, 5) is 12.7. The van der Waals surface area contributed by atoms with Gasteiger partial charge in [-0.05, 0) is 68.6 Å². The van der Waals surface area contributed by atoms with Crippen molar-refractivity contribution in [2.75, 3.05) is 0 Å². The van der Waals surface area contributed by atoms with Crippen molar-refractivity contribution in [1.82, 2.24) is 19.6 Å². The first kappa shape index (κ1) is 19.0. The van der Waals surface area contributed by atoms with Crippen molar-refractivity contribution in [3.05, 3.63) is 76.6 Å². The number of nitrogens with zero attached hydrogens (tertiary/aromatic N) is 4. The molecule has 0 bridgehead atoms. The van der Waals surface area contributed by atoms with E-state index in [4.69, 9.17) is 0 Å². The molecule has 0 spiro atoms. The van der Waals surface area contributed by atoms with Crippen molar-refractivity contribution in [1.29, 1.82) is 0 Å². The van der Waals surface area contributed by atoms with Crippen molar-refractivity contribution >= 4 is 10.8 Å². The van der Waals surface area contributed by atoms with E-state index in [2.05, 4.69) is 10.3 Å². The lowest BCUT2D eigenvalue weighted by molar-refractivity contribution is 0.0606. The Hall–Kier alpha value is -3.32. The first-order valence-corrected chi connectivity index (χ1v) is 9.27. The zero-order valence-corrected chi connectivity index (χ0v) is 16.4. The van der Waals surface area contributed by atoms with Crippen molar-refractivity contribution < 1.29 is 9.50 Å². The minimum absolute atomic E-state index is 0.150. The van der Waals surface area contributed by atoms with Gasteiger partial charge in [0.25, 0.3) is 5.56 Å². The van der Waals surface area contributed by atoms with E-state index in [9.17, 15) is 14.3 Å². The van der Waals surface area contributed by atoms with E-state index in [0.29, 0.717) is 11.1 Å². The number of halogens is 1. The van der Waals surface area contributed by atoms with Gasteiger partial charge >= 0.3 is 0 Å². The molecule has 4 aromatic rings. The summed E-state index contributed by atoms with van der Waals surface area (Å²) in [6.07, 6.45) is 1.69. The lowest BCUT2D eigenvalue weighted by Crippen LogP contribution is -2.32. The van der Waals surface area contributed by atoms with Crippen molar-refractivity contribution in [2.45, 2.75) is 32.9 Å². The van der Waals surface area contributed by atoms with E-state index in [-0.39, 0.29) is 17.9 Å². The second-order valence-corrected chi connectivity index (χ2v) is 7.77. The minimum Gasteiger partial charge on any atom is -0.389 e. The minimum atomic E-state index is -0.979. The van der Waals surface area contributed by atoms with Gasteiger partial charge in [-0.2, -0.15) is 0 Å². The van der Waals surface area contributed by atoms with Crippen LogP contribution in [0.5, 0.6) is 0 Å². The highest BCUT2D eigenvalue weighted by Gasteiger charge is 2.16. The zero-order valence-electron chi connectivity index (χ0n) is 16.4. The number of hydrogen-bond acceptors (Lipinski definition) is 4. The Morgan fingerprint density at radius 1 is 1.10 bits per heavy atom. The molecule has 0 radical (unpaired) electrons. The van der Waals surface area contributed by atoms with Gasteiger partial charge < -0.3 is 9.67 Å². The van der Waals surface area contributed by atoms with E-state index in [1.165, 1.54) is 16.7 Å². The van der Waals surface area contributed by atoms with Crippen LogP contribution in [0.15, 0.2) is 59.5 Å². The molecule has 0 aliphatic heterocycles. The largest absolute Gasteiger partial charge is 0.389 e. The average Bonchev–Trinajstić information content (AvgIpc) is 3.05. The Bertz CT molecular complexity index is 1250. The number of fused-ring (bicyclic) bond motifs is 1. The SMILES string of the molecule is Cc1c(-c2ccc3c(=O)n(CC(C)(C)O)ccc3c2)nnn1-c1ccc(F)cc1. The first-order valence-electron chi connectivity index (χ1n) is 9.27. The lowest BCUT2D eigenvalue weighted by atomic mass is 10.0. The molecular weight excluding hydrogens is 371 g/mol. The smallest absolute Gasteiger partial charge is 0.258 e. The number of pyridine rings is 1. The summed E-state index contributed by atoms with van der Waals surface area (Å²) in [6.45, 7) is 5.44. The summed E-state index contributed by atoms with van der Waals surface area (Å²) in [7, 11) is 0. The van der Waals surface area contributed by atoms with Crippen LogP contribution in [0.4, 0.5) is 4.39 Å². The van der Waals surface area contributed by atoms with Gasteiger partial charge in [0.05, 0.1) is 23.5 Å². The van der Waals surface area contributed by atoms with Gasteiger partial charge in [0.2, 0.25) is 0 Å². The van der Waals surface area contributed by atoms with E-state index in [0.717, 1.165) is 22.3 Å². The highest BCUT2D eigenvalue weighted by atomic mass is 19.1. The summed E-state index contributed by atoms with van der Waals surface area (Å²) in [5.41, 5.74) is 1.93. The molecule has 4 rings (SSSR count). The van der Waals surface area contributed by atoms with Crippen LogP contribution >= 0.6 is 0 Å². The summed E-state index contributed by atoms with van der Waals surface area (Å²) in [5.74, 6) is -0.309. The molecule has 2 heterocycles. The first-order chi connectivity index (χ1) is 13.7. The number of aliphatic hydroxyl groups is 1. The van der Waals surface area contributed by atoms with E-state index >= 15 is 0 Å². The van der Waals surface area contributed by atoms with Crippen LogP contribution in [0.1, 0.15) is 19.5 Å². The van der Waals surface area contributed by atoms with Crippen LogP contribution in [0.25, 0.3) is 27.7 Å². The molecule has 0 amide bonds. The summed E-state index contributed by atoms with van der Waals surface area (Å²) < 4.78 is 16.4. The van der Waals surface area contributed by atoms with Crippen LogP contribution in [0, 0.1) is 12.7 Å². The summed E-state index contributed by atoms with van der Waals surface area (Å²) in [6, 6.07) is 13.4. The topological polar surface area (TPSA) is 72.9 Å². The lowest BCUT2D eigenvalue weighted by Gasteiger charge is -2.18. The van der Waals surface area contributed by atoms with Gasteiger partial charge in [-0.25, -0.2) is 9.07 Å². The van der Waals surface area contributed by atoms with Crippen LogP contribution in [0.2, 0.25) is 0 Å². The van der Waals surface area contributed by atoms with Crippen LogP contribution in [-0.2, 0) is 6.54 Å². The molecule has 1 N–H and O–H groups in total. The zero-order chi connectivity index (χ0) is 20.8. The normalized spacial score (nSPS) is 11.9. The second kappa shape index (κ2) is 6.93. The number of hydrogen-bond donors (Lipinski definition) is 1. The fraction of sp³-hybridized carbons (Fsp3) is 0.227. The summed E-state index contributed by atoms with van der Waals surface area (Å²) >= 11 is 0. The highest BCUT2D eigenvalue weighted by molar-refractivity contribution is 5.86. The van der Waals surface area contributed by atoms with Crippen molar-refractivity contribution in [3.63, 3.8) is 0 Å². The number of benzene rings is 2. The summed E-state index contributed by atoms with van der Waals surface area (Å²) in [5, 5.41) is 19.8. The third-order valence-electron chi connectivity index (χ3n) is 4.77. The number of rotatable bonds is 4.